The number of aromatic nitrogens is 3. The molecule has 0 amide bonds. The maximum Gasteiger partial charge on any atom is 0.281 e. The minimum absolute atomic E-state index is 0.152. The number of likely N-dealkylation sites (tertiary alicyclic amines) is 1. The second-order valence-electron chi connectivity index (χ2n) is 6.54. The topological polar surface area (TPSA) is 93.0 Å². The Bertz CT molecular complexity index is 794. The van der Waals surface area contributed by atoms with Crippen molar-refractivity contribution in [1.29, 1.82) is 5.26 Å². The summed E-state index contributed by atoms with van der Waals surface area (Å²) in [5.74, 6) is 0.808. The third-order valence-corrected chi connectivity index (χ3v) is 5.85. The Hall–Kier alpha value is -2.09. The number of hydrogen-bond donors (Lipinski definition) is 1. The Morgan fingerprint density at radius 2 is 2.19 bits per heavy atom. The summed E-state index contributed by atoms with van der Waals surface area (Å²) in [6, 6.07) is 1.84. The van der Waals surface area contributed by atoms with Gasteiger partial charge in [-0.2, -0.15) is 10.4 Å². The van der Waals surface area contributed by atoms with Crippen molar-refractivity contribution in [3.05, 3.63) is 27.8 Å². The Labute approximate surface area is 160 Å². The smallest absolute Gasteiger partial charge is 0.281 e. The minimum Gasteiger partial charge on any atom is -0.477 e. The van der Waals surface area contributed by atoms with E-state index in [1.807, 2.05) is 0 Å². The largest absolute Gasteiger partial charge is 0.477 e. The Morgan fingerprint density at radius 3 is 2.81 bits per heavy atom. The van der Waals surface area contributed by atoms with Crippen molar-refractivity contribution < 1.29 is 13.5 Å². The molecule has 0 aromatic carbocycles. The van der Waals surface area contributed by atoms with Gasteiger partial charge in [0.1, 0.15) is 17.3 Å². The van der Waals surface area contributed by atoms with Gasteiger partial charge in [0.2, 0.25) is 5.88 Å². The first-order valence-corrected chi connectivity index (χ1v) is 9.63. The van der Waals surface area contributed by atoms with Crippen LogP contribution in [0.2, 0.25) is 0 Å². The third kappa shape index (κ3) is 4.26. The molecule has 2 N–H and O–H groups in total. The van der Waals surface area contributed by atoms with E-state index in [1.165, 1.54) is 23.0 Å². The summed E-state index contributed by atoms with van der Waals surface area (Å²) in [7, 11) is 1.74. The van der Waals surface area contributed by atoms with Crippen LogP contribution in [-0.4, -0.2) is 45.9 Å². The molecule has 1 atom stereocenters. The van der Waals surface area contributed by atoms with E-state index < -0.39 is 6.43 Å². The predicted octanol–water partition coefficient (Wildman–Crippen LogP) is 2.48. The van der Waals surface area contributed by atoms with Gasteiger partial charge in [0, 0.05) is 13.6 Å². The SMILES string of the molecule is Cn1ncc(C#N)c1OCC1CCN(C(CN)c2scnc2C(F)F)CC1. The molecule has 3 heterocycles. The fraction of sp³-hybridized carbons (Fsp3) is 0.588. The summed E-state index contributed by atoms with van der Waals surface area (Å²) in [6.07, 6.45) is 0.650. The number of nitriles is 1. The maximum atomic E-state index is 13.2. The van der Waals surface area contributed by atoms with Crippen LogP contribution in [0.5, 0.6) is 5.88 Å². The van der Waals surface area contributed by atoms with Crippen molar-refractivity contribution in [3.63, 3.8) is 0 Å². The van der Waals surface area contributed by atoms with Crippen LogP contribution in [0.15, 0.2) is 11.7 Å². The number of nitrogens with zero attached hydrogens (tertiary/aromatic N) is 5. The quantitative estimate of drug-likeness (QED) is 0.773. The van der Waals surface area contributed by atoms with Crippen LogP contribution in [0, 0.1) is 17.2 Å². The lowest BCUT2D eigenvalue weighted by Gasteiger charge is -2.36. The number of ether oxygens (including phenoxy) is 1. The average Bonchev–Trinajstić information content (AvgIpc) is 3.28. The van der Waals surface area contributed by atoms with Gasteiger partial charge in [-0.15, -0.1) is 11.3 Å². The van der Waals surface area contributed by atoms with E-state index in [4.69, 9.17) is 15.7 Å². The molecule has 7 nitrogen and oxygen atoms in total. The molecule has 0 saturated carbocycles. The lowest BCUT2D eigenvalue weighted by atomic mass is 9.96. The predicted molar refractivity (Wildman–Crippen MR) is 96.6 cm³/mol. The first kappa shape index (κ1) is 19.7. The highest BCUT2D eigenvalue weighted by Crippen LogP contribution is 2.34. The zero-order valence-corrected chi connectivity index (χ0v) is 15.8. The molecule has 1 aliphatic rings. The maximum absolute atomic E-state index is 13.2. The number of nitrogens with two attached hydrogens (primary N) is 1. The average molecular weight is 396 g/mol. The first-order chi connectivity index (χ1) is 13.0. The summed E-state index contributed by atoms with van der Waals surface area (Å²) < 4.78 is 33.7. The molecule has 0 spiro atoms. The van der Waals surface area contributed by atoms with Crippen molar-refractivity contribution in [2.24, 2.45) is 18.7 Å². The van der Waals surface area contributed by atoms with Crippen LogP contribution in [-0.2, 0) is 7.05 Å². The molecule has 2 aromatic rings. The number of rotatable bonds is 7. The van der Waals surface area contributed by atoms with E-state index in [1.54, 1.807) is 11.7 Å². The molecule has 0 bridgehead atoms. The van der Waals surface area contributed by atoms with Crippen LogP contribution in [0.1, 0.15) is 41.4 Å². The molecule has 27 heavy (non-hydrogen) atoms. The summed E-state index contributed by atoms with van der Waals surface area (Å²) in [6.45, 7) is 2.29. The van der Waals surface area contributed by atoms with Crippen molar-refractivity contribution in [2.75, 3.05) is 26.2 Å². The highest BCUT2D eigenvalue weighted by Gasteiger charge is 2.30. The fourth-order valence-corrected chi connectivity index (χ4v) is 4.35. The highest BCUT2D eigenvalue weighted by molar-refractivity contribution is 7.09. The van der Waals surface area contributed by atoms with Gasteiger partial charge in [-0.25, -0.2) is 18.4 Å². The van der Waals surface area contributed by atoms with E-state index in [0.29, 0.717) is 28.8 Å². The Balaban J connectivity index is 1.57. The molecule has 1 fully saturated rings. The van der Waals surface area contributed by atoms with Crippen molar-refractivity contribution in [1.82, 2.24) is 19.7 Å². The van der Waals surface area contributed by atoms with Crippen molar-refractivity contribution in [2.45, 2.75) is 25.3 Å². The van der Waals surface area contributed by atoms with E-state index in [2.05, 4.69) is 21.1 Å². The molecule has 10 heteroatoms. The summed E-state index contributed by atoms with van der Waals surface area (Å²) in [5, 5.41) is 13.1. The molecule has 2 aromatic heterocycles. The number of alkyl halides is 2. The summed E-state index contributed by atoms with van der Waals surface area (Å²) >= 11 is 1.24. The number of halogens is 2. The van der Waals surface area contributed by atoms with E-state index >= 15 is 0 Å². The van der Waals surface area contributed by atoms with Gasteiger partial charge in [0.25, 0.3) is 6.43 Å². The van der Waals surface area contributed by atoms with Crippen LogP contribution < -0.4 is 10.5 Å². The molecule has 1 saturated heterocycles. The molecule has 3 rings (SSSR count). The molecular formula is C17H22F2N6OS. The number of hydrogen-bond acceptors (Lipinski definition) is 7. The fourth-order valence-electron chi connectivity index (χ4n) is 3.40. The lowest BCUT2D eigenvalue weighted by molar-refractivity contribution is 0.103. The van der Waals surface area contributed by atoms with Crippen molar-refractivity contribution >= 4 is 11.3 Å². The molecule has 1 aliphatic heterocycles. The van der Waals surface area contributed by atoms with E-state index in [9.17, 15) is 8.78 Å². The van der Waals surface area contributed by atoms with Crippen molar-refractivity contribution in [3.8, 4) is 11.9 Å². The van der Waals surface area contributed by atoms with Gasteiger partial charge in [-0.05, 0) is 31.8 Å². The lowest BCUT2D eigenvalue weighted by Crippen LogP contribution is -2.41. The normalized spacial score (nSPS) is 17.2. The van der Waals surface area contributed by atoms with Gasteiger partial charge < -0.3 is 10.5 Å². The highest BCUT2D eigenvalue weighted by atomic mass is 32.1. The molecule has 1 unspecified atom stereocenters. The monoisotopic (exact) mass is 396 g/mol. The number of thiazole rings is 1. The van der Waals surface area contributed by atoms with E-state index in [0.717, 1.165) is 25.9 Å². The van der Waals surface area contributed by atoms with Crippen LogP contribution in [0.3, 0.4) is 0 Å². The van der Waals surface area contributed by atoms with Gasteiger partial charge in [-0.3, -0.25) is 4.90 Å². The number of piperidine rings is 1. The van der Waals surface area contributed by atoms with Crippen LogP contribution >= 0.6 is 11.3 Å². The van der Waals surface area contributed by atoms with Crippen LogP contribution in [0.25, 0.3) is 0 Å². The molecular weight excluding hydrogens is 374 g/mol. The van der Waals surface area contributed by atoms with Gasteiger partial charge in [0.05, 0.1) is 29.2 Å². The summed E-state index contributed by atoms with van der Waals surface area (Å²) in [5.41, 5.74) is 7.62. The zero-order valence-electron chi connectivity index (χ0n) is 15.0. The van der Waals surface area contributed by atoms with E-state index in [-0.39, 0.29) is 18.3 Å². The Kier molecular flexibility index (Phi) is 6.36. The summed E-state index contributed by atoms with van der Waals surface area (Å²) in [4.78, 5) is 6.53. The van der Waals surface area contributed by atoms with Gasteiger partial charge >= 0.3 is 0 Å². The molecule has 0 aliphatic carbocycles. The zero-order chi connectivity index (χ0) is 19.4. The molecule has 146 valence electrons. The Morgan fingerprint density at radius 1 is 1.44 bits per heavy atom. The second kappa shape index (κ2) is 8.73. The second-order valence-corrected chi connectivity index (χ2v) is 7.43. The standard InChI is InChI=1S/C17H22F2N6OS/c1-24-17(12(6-20)8-23-24)26-9-11-2-4-25(5-3-11)13(7-21)15-14(16(18)19)22-10-27-15/h8,10-11,13,16H,2-5,7,9,21H2,1H3. The number of aryl methyl sites for hydroxylation is 1. The van der Waals surface area contributed by atoms with Gasteiger partial charge in [-0.1, -0.05) is 0 Å². The first-order valence-electron chi connectivity index (χ1n) is 8.75. The third-order valence-electron chi connectivity index (χ3n) is 4.91. The van der Waals surface area contributed by atoms with Crippen LogP contribution in [0.4, 0.5) is 8.78 Å². The molecule has 0 radical (unpaired) electrons. The van der Waals surface area contributed by atoms with Gasteiger partial charge in [0.15, 0.2) is 0 Å². The minimum atomic E-state index is -2.58.